The maximum absolute atomic E-state index is 12.9. The van der Waals surface area contributed by atoms with Gasteiger partial charge in [-0.25, -0.2) is 13.2 Å². The number of piperazine rings is 1. The van der Waals surface area contributed by atoms with Crippen LogP contribution in [0.4, 0.5) is 0 Å². The predicted molar refractivity (Wildman–Crippen MR) is 113 cm³/mol. The van der Waals surface area contributed by atoms with Crippen LogP contribution in [0.3, 0.4) is 0 Å². The zero-order valence-electron chi connectivity index (χ0n) is 16.0. The molecule has 2 aromatic carbocycles. The molecule has 3 aromatic rings. The maximum atomic E-state index is 12.9. The molecule has 1 fully saturated rings. The summed E-state index contributed by atoms with van der Waals surface area (Å²) in [5.74, 6) is 0. The molecule has 8 heteroatoms. The van der Waals surface area contributed by atoms with Crippen LogP contribution in [0.2, 0.25) is 5.02 Å². The summed E-state index contributed by atoms with van der Waals surface area (Å²) in [6.07, 6.45) is 0. The molecule has 1 aromatic heterocycles. The number of rotatable bonds is 4. The highest BCUT2D eigenvalue weighted by Gasteiger charge is 2.28. The summed E-state index contributed by atoms with van der Waals surface area (Å²) >= 11 is 5.95. The van der Waals surface area contributed by atoms with E-state index in [1.807, 2.05) is 25.1 Å². The number of sulfonamides is 1. The molecule has 0 N–H and O–H groups in total. The van der Waals surface area contributed by atoms with Crippen molar-refractivity contribution in [2.45, 2.75) is 18.4 Å². The minimum absolute atomic E-state index is 0.209. The van der Waals surface area contributed by atoms with Crippen LogP contribution >= 0.6 is 11.6 Å². The fourth-order valence-corrected chi connectivity index (χ4v) is 5.34. The lowest BCUT2D eigenvalue weighted by molar-refractivity contribution is 0.182. The van der Waals surface area contributed by atoms with Crippen molar-refractivity contribution >= 4 is 32.6 Å². The number of aryl methyl sites for hydroxylation is 1. The number of hydrogen-bond acceptors (Lipinski definition) is 5. The summed E-state index contributed by atoms with van der Waals surface area (Å²) in [5.41, 5.74) is 2.12. The molecule has 0 radical (unpaired) electrons. The molecule has 0 saturated carbocycles. The van der Waals surface area contributed by atoms with E-state index >= 15 is 0 Å². The van der Waals surface area contributed by atoms with E-state index in [9.17, 15) is 13.2 Å². The third kappa shape index (κ3) is 4.23. The maximum Gasteiger partial charge on any atom is 0.336 e. The number of fused-ring (bicyclic) bond motifs is 1. The molecule has 6 nitrogen and oxygen atoms in total. The van der Waals surface area contributed by atoms with Gasteiger partial charge in [-0.05, 0) is 42.3 Å². The zero-order valence-corrected chi connectivity index (χ0v) is 17.5. The topological polar surface area (TPSA) is 70.8 Å². The van der Waals surface area contributed by atoms with Gasteiger partial charge in [0.05, 0.1) is 4.90 Å². The Hall–Kier alpha value is -2.19. The molecular weight excluding hydrogens is 412 g/mol. The van der Waals surface area contributed by atoms with Gasteiger partial charge in [-0.15, -0.1) is 0 Å². The second kappa shape index (κ2) is 7.91. The van der Waals surface area contributed by atoms with Crippen molar-refractivity contribution in [2.24, 2.45) is 0 Å². The van der Waals surface area contributed by atoms with Gasteiger partial charge in [0.1, 0.15) is 5.58 Å². The molecule has 0 spiro atoms. The first-order chi connectivity index (χ1) is 13.8. The average Bonchev–Trinajstić information content (AvgIpc) is 2.68. The highest BCUT2D eigenvalue weighted by atomic mass is 35.5. The second-order valence-electron chi connectivity index (χ2n) is 7.23. The van der Waals surface area contributed by atoms with E-state index in [4.69, 9.17) is 16.0 Å². The fraction of sp³-hybridized carbons (Fsp3) is 0.286. The SMILES string of the molecule is Cc1ccc2c(CN3CCN(S(=O)(=O)c4cccc(Cl)c4)CC3)cc(=O)oc2c1. The lowest BCUT2D eigenvalue weighted by Gasteiger charge is -2.34. The minimum Gasteiger partial charge on any atom is -0.423 e. The Morgan fingerprint density at radius 3 is 2.52 bits per heavy atom. The van der Waals surface area contributed by atoms with Crippen LogP contribution in [-0.4, -0.2) is 43.8 Å². The van der Waals surface area contributed by atoms with E-state index < -0.39 is 10.0 Å². The highest BCUT2D eigenvalue weighted by Crippen LogP contribution is 2.23. The van der Waals surface area contributed by atoms with Gasteiger partial charge in [0.15, 0.2) is 0 Å². The van der Waals surface area contributed by atoms with Crippen LogP contribution in [0, 0.1) is 6.92 Å². The Morgan fingerprint density at radius 1 is 1.03 bits per heavy atom. The molecule has 1 saturated heterocycles. The Bertz CT molecular complexity index is 1210. The number of hydrogen-bond donors (Lipinski definition) is 0. The lowest BCUT2D eigenvalue weighted by Crippen LogP contribution is -2.48. The van der Waals surface area contributed by atoms with E-state index in [1.54, 1.807) is 18.2 Å². The summed E-state index contributed by atoms with van der Waals surface area (Å²) in [7, 11) is -3.57. The van der Waals surface area contributed by atoms with E-state index in [-0.39, 0.29) is 10.5 Å². The van der Waals surface area contributed by atoms with E-state index in [1.165, 1.54) is 16.4 Å². The first kappa shape index (κ1) is 20.1. The van der Waals surface area contributed by atoms with Crippen LogP contribution in [0.25, 0.3) is 11.0 Å². The largest absolute Gasteiger partial charge is 0.423 e. The number of halogens is 1. The Balaban J connectivity index is 1.50. The third-order valence-corrected chi connectivity index (χ3v) is 7.27. The van der Waals surface area contributed by atoms with Crippen molar-refractivity contribution in [3.8, 4) is 0 Å². The molecular formula is C21H21ClN2O4S. The molecule has 1 aliphatic rings. The predicted octanol–water partition coefficient (Wildman–Crippen LogP) is 3.26. The monoisotopic (exact) mass is 432 g/mol. The van der Waals surface area contributed by atoms with Gasteiger partial charge in [0.25, 0.3) is 0 Å². The standard InChI is InChI=1S/C21H21ClN2O4S/c1-15-5-6-19-16(12-21(25)28-20(19)11-15)14-23-7-9-24(10-8-23)29(26,27)18-4-2-3-17(22)13-18/h2-6,11-13H,7-10,14H2,1H3. The smallest absolute Gasteiger partial charge is 0.336 e. The average molecular weight is 433 g/mol. The molecule has 1 aliphatic heterocycles. The van der Waals surface area contributed by atoms with E-state index in [2.05, 4.69) is 4.90 Å². The van der Waals surface area contributed by atoms with Crippen molar-refractivity contribution in [3.63, 3.8) is 0 Å². The number of benzene rings is 2. The van der Waals surface area contributed by atoms with Gasteiger partial charge < -0.3 is 4.42 Å². The lowest BCUT2D eigenvalue weighted by atomic mass is 10.1. The molecule has 0 bridgehead atoms. The van der Waals surface area contributed by atoms with Gasteiger partial charge >= 0.3 is 5.63 Å². The van der Waals surface area contributed by atoms with E-state index in [0.717, 1.165) is 16.5 Å². The van der Waals surface area contributed by atoms with Crippen LogP contribution in [0.5, 0.6) is 0 Å². The molecule has 4 rings (SSSR count). The summed E-state index contributed by atoms with van der Waals surface area (Å²) in [4.78, 5) is 14.3. The third-order valence-electron chi connectivity index (χ3n) is 5.14. The number of nitrogens with zero attached hydrogens (tertiary/aromatic N) is 2. The van der Waals surface area contributed by atoms with Crippen LogP contribution in [-0.2, 0) is 16.6 Å². The first-order valence-electron chi connectivity index (χ1n) is 9.34. The fourth-order valence-electron chi connectivity index (χ4n) is 3.61. The Labute approximate surface area is 174 Å². The molecule has 0 atom stereocenters. The van der Waals surface area contributed by atoms with Gasteiger partial charge in [-0.1, -0.05) is 29.8 Å². The summed E-state index contributed by atoms with van der Waals surface area (Å²) in [5, 5.41) is 1.30. The molecule has 0 unspecified atom stereocenters. The van der Waals surface area contributed by atoms with Crippen LogP contribution in [0.1, 0.15) is 11.1 Å². The molecule has 29 heavy (non-hydrogen) atoms. The summed E-state index contributed by atoms with van der Waals surface area (Å²) in [6.45, 7) is 4.43. The normalized spacial score (nSPS) is 16.3. The van der Waals surface area contributed by atoms with Crippen LogP contribution < -0.4 is 5.63 Å². The molecule has 0 amide bonds. The van der Waals surface area contributed by atoms with Gasteiger partial charge in [-0.2, -0.15) is 4.31 Å². The summed E-state index contributed by atoms with van der Waals surface area (Å²) in [6, 6.07) is 13.7. The van der Waals surface area contributed by atoms with Crippen molar-refractivity contribution in [3.05, 3.63) is 75.1 Å². The van der Waals surface area contributed by atoms with Crippen molar-refractivity contribution < 1.29 is 12.8 Å². The zero-order chi connectivity index (χ0) is 20.6. The van der Waals surface area contributed by atoms with Gasteiger partial charge in [0, 0.05) is 49.2 Å². The highest BCUT2D eigenvalue weighted by molar-refractivity contribution is 7.89. The Kier molecular flexibility index (Phi) is 5.48. The minimum atomic E-state index is -3.57. The van der Waals surface area contributed by atoms with Gasteiger partial charge in [-0.3, -0.25) is 4.90 Å². The van der Waals surface area contributed by atoms with E-state index in [0.29, 0.717) is 43.3 Å². The quantitative estimate of drug-likeness (QED) is 0.592. The second-order valence-corrected chi connectivity index (χ2v) is 9.60. The van der Waals surface area contributed by atoms with Crippen molar-refractivity contribution in [2.75, 3.05) is 26.2 Å². The van der Waals surface area contributed by atoms with Crippen LogP contribution in [0.15, 0.2) is 62.6 Å². The molecule has 2 heterocycles. The van der Waals surface area contributed by atoms with Crippen molar-refractivity contribution in [1.82, 2.24) is 9.21 Å². The van der Waals surface area contributed by atoms with Gasteiger partial charge in [0.2, 0.25) is 10.0 Å². The first-order valence-corrected chi connectivity index (χ1v) is 11.2. The molecule has 0 aliphatic carbocycles. The molecule has 152 valence electrons. The summed E-state index contributed by atoms with van der Waals surface area (Å²) < 4.78 is 32.5. The Morgan fingerprint density at radius 2 is 1.79 bits per heavy atom. The van der Waals surface area contributed by atoms with Crippen molar-refractivity contribution in [1.29, 1.82) is 0 Å².